The van der Waals surface area contributed by atoms with E-state index in [1.165, 1.54) is 0 Å². The number of halogens is 1. The molecule has 0 aliphatic carbocycles. The molecular formula is C15H12BrN3O2. The van der Waals surface area contributed by atoms with Gasteiger partial charge in [-0.15, -0.1) is 0 Å². The van der Waals surface area contributed by atoms with Crippen LogP contribution in [0.2, 0.25) is 0 Å². The van der Waals surface area contributed by atoms with Crippen LogP contribution in [0.1, 0.15) is 17.6 Å². The lowest BCUT2D eigenvalue weighted by molar-refractivity contribution is 0.165. The van der Waals surface area contributed by atoms with E-state index in [2.05, 4.69) is 31.1 Å². The Bertz CT molecular complexity index is 731. The lowest BCUT2D eigenvalue weighted by Gasteiger charge is -2.07. The van der Waals surface area contributed by atoms with Crippen molar-refractivity contribution in [1.82, 2.24) is 15.1 Å². The minimum absolute atomic E-state index is 0.276. The SMILES string of the molecule is OC(Cc1nc(-c2cncc(Br)c2)no1)c1ccccc1. The lowest BCUT2D eigenvalue weighted by atomic mass is 10.1. The predicted octanol–water partition coefficient (Wildman–Crippen LogP) is 3.17. The molecule has 5 nitrogen and oxygen atoms in total. The number of benzene rings is 1. The normalized spacial score (nSPS) is 12.3. The highest BCUT2D eigenvalue weighted by atomic mass is 79.9. The average Bonchev–Trinajstić information content (AvgIpc) is 2.97. The molecule has 0 amide bonds. The first-order chi connectivity index (χ1) is 10.2. The molecule has 1 N–H and O–H groups in total. The van der Waals surface area contributed by atoms with Crippen molar-refractivity contribution in [3.63, 3.8) is 0 Å². The fraction of sp³-hybridized carbons (Fsp3) is 0.133. The van der Waals surface area contributed by atoms with Gasteiger partial charge in [0.05, 0.1) is 12.5 Å². The van der Waals surface area contributed by atoms with E-state index in [0.717, 1.165) is 15.6 Å². The maximum Gasteiger partial charge on any atom is 0.229 e. The Morgan fingerprint density at radius 1 is 1.19 bits per heavy atom. The highest BCUT2D eigenvalue weighted by Gasteiger charge is 2.15. The number of pyridine rings is 1. The molecule has 0 aliphatic rings. The zero-order valence-corrected chi connectivity index (χ0v) is 12.6. The van der Waals surface area contributed by atoms with Gasteiger partial charge in [-0.05, 0) is 27.6 Å². The number of aliphatic hydroxyl groups is 1. The third-order valence-electron chi connectivity index (χ3n) is 2.98. The molecule has 1 aromatic carbocycles. The Balaban J connectivity index is 1.76. The van der Waals surface area contributed by atoms with Crippen molar-refractivity contribution in [2.45, 2.75) is 12.5 Å². The quantitative estimate of drug-likeness (QED) is 0.786. The van der Waals surface area contributed by atoms with Gasteiger partial charge < -0.3 is 9.63 Å². The number of aromatic nitrogens is 3. The van der Waals surface area contributed by atoms with E-state index in [1.807, 2.05) is 36.4 Å². The first-order valence-electron chi connectivity index (χ1n) is 6.39. The van der Waals surface area contributed by atoms with Gasteiger partial charge in [0.1, 0.15) is 0 Å². The van der Waals surface area contributed by atoms with E-state index in [0.29, 0.717) is 11.7 Å². The Kier molecular flexibility index (Phi) is 4.08. The second-order valence-electron chi connectivity index (χ2n) is 4.53. The summed E-state index contributed by atoms with van der Waals surface area (Å²) in [7, 11) is 0. The Hall–Kier alpha value is -2.05. The number of nitrogens with zero attached hydrogens (tertiary/aromatic N) is 3. The molecular weight excluding hydrogens is 334 g/mol. The van der Waals surface area contributed by atoms with E-state index in [9.17, 15) is 5.11 Å². The molecule has 0 saturated heterocycles. The Morgan fingerprint density at radius 3 is 2.76 bits per heavy atom. The summed E-state index contributed by atoms with van der Waals surface area (Å²) in [6.07, 6.45) is 2.95. The van der Waals surface area contributed by atoms with Gasteiger partial charge in [0, 0.05) is 22.4 Å². The number of aliphatic hydroxyl groups excluding tert-OH is 1. The molecule has 0 radical (unpaired) electrons. The van der Waals surface area contributed by atoms with Gasteiger partial charge in [-0.2, -0.15) is 4.98 Å². The first-order valence-corrected chi connectivity index (χ1v) is 7.18. The fourth-order valence-electron chi connectivity index (χ4n) is 1.95. The standard InChI is InChI=1S/C15H12BrN3O2/c16-12-6-11(8-17-9-12)15-18-14(21-19-15)7-13(20)10-4-2-1-3-5-10/h1-6,8-9,13,20H,7H2. The maximum absolute atomic E-state index is 10.2. The van der Waals surface area contributed by atoms with Crippen molar-refractivity contribution in [2.24, 2.45) is 0 Å². The van der Waals surface area contributed by atoms with Crippen LogP contribution in [0.25, 0.3) is 11.4 Å². The summed E-state index contributed by atoms with van der Waals surface area (Å²) in [5.74, 6) is 0.848. The molecule has 21 heavy (non-hydrogen) atoms. The van der Waals surface area contributed by atoms with Crippen molar-refractivity contribution < 1.29 is 9.63 Å². The summed E-state index contributed by atoms with van der Waals surface area (Å²) in [6, 6.07) is 11.2. The largest absolute Gasteiger partial charge is 0.388 e. The molecule has 1 atom stereocenters. The molecule has 0 spiro atoms. The van der Waals surface area contributed by atoms with E-state index in [-0.39, 0.29) is 6.42 Å². The summed E-state index contributed by atoms with van der Waals surface area (Å²) in [5, 5.41) is 14.1. The van der Waals surface area contributed by atoms with Gasteiger partial charge in [-0.1, -0.05) is 35.5 Å². The van der Waals surface area contributed by atoms with Gasteiger partial charge in [0.15, 0.2) is 0 Å². The van der Waals surface area contributed by atoms with Gasteiger partial charge in [-0.3, -0.25) is 4.98 Å². The van der Waals surface area contributed by atoms with Crippen LogP contribution < -0.4 is 0 Å². The smallest absolute Gasteiger partial charge is 0.229 e. The molecule has 3 rings (SSSR count). The van der Waals surface area contributed by atoms with Crippen molar-refractivity contribution in [2.75, 3.05) is 0 Å². The van der Waals surface area contributed by atoms with Crippen molar-refractivity contribution in [1.29, 1.82) is 0 Å². The minimum atomic E-state index is -0.667. The molecule has 3 aromatic rings. The average molecular weight is 346 g/mol. The van der Waals surface area contributed by atoms with Crippen molar-refractivity contribution in [3.05, 3.63) is 64.7 Å². The zero-order valence-electron chi connectivity index (χ0n) is 11.0. The molecule has 1 unspecified atom stereocenters. The summed E-state index contributed by atoms with van der Waals surface area (Å²) >= 11 is 3.35. The molecule has 2 aromatic heterocycles. The van der Waals surface area contributed by atoms with Crippen molar-refractivity contribution in [3.8, 4) is 11.4 Å². The van der Waals surface area contributed by atoms with E-state index >= 15 is 0 Å². The highest BCUT2D eigenvalue weighted by Crippen LogP contribution is 2.21. The van der Waals surface area contributed by atoms with Crippen LogP contribution in [0.15, 0.2) is 57.8 Å². The second-order valence-corrected chi connectivity index (χ2v) is 5.45. The molecule has 0 fully saturated rings. The van der Waals surface area contributed by atoms with Crippen molar-refractivity contribution >= 4 is 15.9 Å². The topological polar surface area (TPSA) is 72.0 Å². The van der Waals surface area contributed by atoms with Gasteiger partial charge in [-0.25, -0.2) is 0 Å². The zero-order chi connectivity index (χ0) is 14.7. The Morgan fingerprint density at radius 2 is 2.00 bits per heavy atom. The molecule has 2 heterocycles. The third-order valence-corrected chi connectivity index (χ3v) is 3.42. The number of rotatable bonds is 4. The fourth-order valence-corrected chi connectivity index (χ4v) is 2.31. The van der Waals surface area contributed by atoms with Crippen LogP contribution in [0.5, 0.6) is 0 Å². The van der Waals surface area contributed by atoms with E-state index in [4.69, 9.17) is 4.52 Å². The summed E-state index contributed by atoms with van der Waals surface area (Å²) in [5.41, 5.74) is 1.58. The maximum atomic E-state index is 10.2. The lowest BCUT2D eigenvalue weighted by Crippen LogP contribution is -2.01. The van der Waals surface area contributed by atoms with Crippen LogP contribution in [-0.4, -0.2) is 20.2 Å². The van der Waals surface area contributed by atoms with E-state index in [1.54, 1.807) is 12.4 Å². The second kappa shape index (κ2) is 6.15. The first kappa shape index (κ1) is 13.9. The summed E-state index contributed by atoms with van der Waals surface area (Å²) < 4.78 is 6.03. The minimum Gasteiger partial charge on any atom is -0.388 e. The van der Waals surface area contributed by atoms with Gasteiger partial charge in [0.2, 0.25) is 11.7 Å². The third kappa shape index (κ3) is 3.34. The van der Waals surface area contributed by atoms with Crippen LogP contribution in [-0.2, 0) is 6.42 Å². The monoisotopic (exact) mass is 345 g/mol. The molecule has 0 bridgehead atoms. The van der Waals surface area contributed by atoms with Gasteiger partial charge in [0.25, 0.3) is 0 Å². The molecule has 6 heteroatoms. The Labute approximate surface area is 129 Å². The van der Waals surface area contributed by atoms with Crippen LogP contribution in [0.3, 0.4) is 0 Å². The van der Waals surface area contributed by atoms with Crippen LogP contribution in [0, 0.1) is 0 Å². The van der Waals surface area contributed by atoms with Gasteiger partial charge >= 0.3 is 0 Å². The molecule has 0 aliphatic heterocycles. The van der Waals surface area contributed by atoms with Crippen LogP contribution >= 0.6 is 15.9 Å². The van der Waals surface area contributed by atoms with E-state index < -0.39 is 6.10 Å². The molecule has 106 valence electrons. The summed E-state index contributed by atoms with van der Waals surface area (Å²) in [4.78, 5) is 8.35. The number of hydrogen-bond acceptors (Lipinski definition) is 5. The predicted molar refractivity (Wildman–Crippen MR) is 80.3 cm³/mol. The summed E-state index contributed by atoms with van der Waals surface area (Å²) in [6.45, 7) is 0. The van der Waals surface area contributed by atoms with Crippen LogP contribution in [0.4, 0.5) is 0 Å². The molecule has 0 saturated carbocycles. The highest BCUT2D eigenvalue weighted by molar-refractivity contribution is 9.10. The number of hydrogen-bond donors (Lipinski definition) is 1.